The molecule has 58 valence electrons. The van der Waals surface area contributed by atoms with Crippen LogP contribution < -0.4 is 0 Å². The molecule has 0 aliphatic heterocycles. The minimum atomic E-state index is -0.213. The van der Waals surface area contributed by atoms with Crippen molar-refractivity contribution in [3.05, 3.63) is 37.0 Å². The van der Waals surface area contributed by atoms with E-state index in [1.54, 1.807) is 18.2 Å². The van der Waals surface area contributed by atoms with Gasteiger partial charge in [-0.2, -0.15) is 0 Å². The molecular weight excluding hydrogens is 140 g/mol. The van der Waals surface area contributed by atoms with Crippen molar-refractivity contribution in [2.75, 3.05) is 6.61 Å². The van der Waals surface area contributed by atoms with Gasteiger partial charge < -0.3 is 4.74 Å². The molecule has 0 aromatic heterocycles. The number of carbonyl (C=O) groups is 1. The molecule has 0 N–H and O–H groups in total. The maximum absolute atomic E-state index is 11.0. The maximum Gasteiger partial charge on any atom is 0.317 e. The Morgan fingerprint density at radius 3 is 2.73 bits per heavy atom. The number of carbonyl (C=O) groups excluding carboxylic acids is 1. The number of allylic oxidation sites excluding steroid dienone is 2. The summed E-state index contributed by atoms with van der Waals surface area (Å²) in [4.78, 5) is 11.0. The summed E-state index contributed by atoms with van der Waals surface area (Å²) >= 11 is 0. The molecule has 11 heavy (non-hydrogen) atoms. The average Bonchev–Trinajstić information content (AvgIpc) is 2.52. The van der Waals surface area contributed by atoms with Crippen molar-refractivity contribution in [2.24, 2.45) is 5.92 Å². The third-order valence-electron chi connectivity index (χ3n) is 1.36. The Kier molecular flexibility index (Phi) is 2.66. The number of hydrogen-bond donors (Lipinski definition) is 0. The van der Waals surface area contributed by atoms with Crippen molar-refractivity contribution in [1.82, 2.24) is 0 Å². The average molecular weight is 150 g/mol. The van der Waals surface area contributed by atoms with E-state index in [2.05, 4.69) is 6.58 Å². The van der Waals surface area contributed by atoms with Gasteiger partial charge in [-0.3, -0.25) is 4.79 Å². The van der Waals surface area contributed by atoms with Gasteiger partial charge in [0.1, 0.15) is 6.61 Å². The second-order valence-corrected chi connectivity index (χ2v) is 2.21. The Morgan fingerprint density at radius 1 is 1.55 bits per heavy atom. The molecule has 0 aromatic carbocycles. The largest absolute Gasteiger partial charge is 0.461 e. The van der Waals surface area contributed by atoms with Crippen LogP contribution in [0.5, 0.6) is 0 Å². The molecule has 1 aliphatic carbocycles. The highest BCUT2D eigenvalue weighted by Gasteiger charge is 2.14. The van der Waals surface area contributed by atoms with Crippen molar-refractivity contribution in [1.29, 1.82) is 0 Å². The Hall–Kier alpha value is -1.31. The smallest absolute Gasteiger partial charge is 0.317 e. The molecular formula is C9H10O2. The maximum atomic E-state index is 11.0. The minimum Gasteiger partial charge on any atom is -0.461 e. The number of ether oxygens (including phenoxy) is 1. The van der Waals surface area contributed by atoms with Gasteiger partial charge >= 0.3 is 5.97 Å². The van der Waals surface area contributed by atoms with E-state index in [-0.39, 0.29) is 18.5 Å². The Morgan fingerprint density at radius 2 is 2.18 bits per heavy atom. The van der Waals surface area contributed by atoms with Gasteiger partial charge in [-0.1, -0.05) is 37.0 Å². The third kappa shape index (κ3) is 2.08. The quantitative estimate of drug-likeness (QED) is 0.449. The molecule has 0 aromatic rings. The Labute approximate surface area is 65.9 Å². The zero-order chi connectivity index (χ0) is 8.10. The van der Waals surface area contributed by atoms with Crippen LogP contribution in [0.25, 0.3) is 0 Å². The monoisotopic (exact) mass is 150 g/mol. The molecule has 1 rings (SSSR count). The highest BCUT2D eigenvalue weighted by molar-refractivity contribution is 5.77. The summed E-state index contributed by atoms with van der Waals surface area (Å²) in [5, 5.41) is 0. The van der Waals surface area contributed by atoms with E-state index in [9.17, 15) is 4.79 Å². The molecule has 0 saturated carbocycles. The first-order chi connectivity index (χ1) is 5.34. The molecule has 0 heterocycles. The van der Waals surface area contributed by atoms with Gasteiger partial charge in [0.25, 0.3) is 0 Å². The van der Waals surface area contributed by atoms with Gasteiger partial charge in [0.05, 0.1) is 5.92 Å². The summed E-state index contributed by atoms with van der Waals surface area (Å²) in [6, 6.07) is 0. The molecule has 2 nitrogen and oxygen atoms in total. The summed E-state index contributed by atoms with van der Waals surface area (Å²) in [7, 11) is 0. The van der Waals surface area contributed by atoms with Crippen LogP contribution in [-0.4, -0.2) is 12.6 Å². The lowest BCUT2D eigenvalue weighted by Gasteiger charge is -2.03. The summed E-state index contributed by atoms with van der Waals surface area (Å²) < 4.78 is 4.82. The zero-order valence-corrected chi connectivity index (χ0v) is 6.19. The predicted octanol–water partition coefficient (Wildman–Crippen LogP) is 1.46. The van der Waals surface area contributed by atoms with Crippen LogP contribution in [0.4, 0.5) is 0 Å². The van der Waals surface area contributed by atoms with Crippen LogP contribution in [0.1, 0.15) is 0 Å². The summed E-state index contributed by atoms with van der Waals surface area (Å²) in [5.41, 5.74) is 0. The number of hydrogen-bond acceptors (Lipinski definition) is 2. The first-order valence-corrected chi connectivity index (χ1v) is 3.47. The number of rotatable bonds is 3. The summed E-state index contributed by atoms with van der Waals surface area (Å²) in [6.07, 6.45) is 8.82. The molecule has 0 fully saturated rings. The van der Waals surface area contributed by atoms with Crippen LogP contribution in [-0.2, 0) is 9.53 Å². The minimum absolute atomic E-state index is 0.185. The topological polar surface area (TPSA) is 26.3 Å². The van der Waals surface area contributed by atoms with Crippen molar-refractivity contribution >= 4 is 5.97 Å². The molecule has 1 aliphatic rings. The van der Waals surface area contributed by atoms with Crippen LogP contribution >= 0.6 is 0 Å². The fourth-order valence-electron chi connectivity index (χ4n) is 0.826. The zero-order valence-electron chi connectivity index (χ0n) is 6.19. The molecule has 0 radical (unpaired) electrons. The molecule has 0 unspecified atom stereocenters. The lowest BCUT2D eigenvalue weighted by atomic mass is 10.2. The van der Waals surface area contributed by atoms with E-state index in [0.29, 0.717) is 0 Å². The first-order valence-electron chi connectivity index (χ1n) is 3.47. The van der Waals surface area contributed by atoms with Crippen LogP contribution in [0.15, 0.2) is 37.0 Å². The molecule has 0 bridgehead atoms. The highest BCUT2D eigenvalue weighted by atomic mass is 16.5. The van der Waals surface area contributed by atoms with E-state index in [1.807, 2.05) is 12.2 Å². The van der Waals surface area contributed by atoms with Gasteiger partial charge in [0, 0.05) is 0 Å². The standard InChI is InChI=1S/C9H10O2/c1-2-7-11-9(10)8-5-3-4-6-8/h2-6,8H,1,7H2. The van der Waals surface area contributed by atoms with Crippen molar-refractivity contribution in [2.45, 2.75) is 0 Å². The van der Waals surface area contributed by atoms with Gasteiger partial charge in [-0.05, 0) is 0 Å². The number of esters is 1. The molecule has 0 spiro atoms. The second kappa shape index (κ2) is 3.76. The SMILES string of the molecule is C=CCOC(=O)C1C=CC=C1. The van der Waals surface area contributed by atoms with E-state index >= 15 is 0 Å². The second-order valence-electron chi connectivity index (χ2n) is 2.21. The third-order valence-corrected chi connectivity index (χ3v) is 1.36. The van der Waals surface area contributed by atoms with Gasteiger partial charge in [0.15, 0.2) is 0 Å². The fraction of sp³-hybridized carbons (Fsp3) is 0.222. The summed E-state index contributed by atoms with van der Waals surface area (Å²) in [6.45, 7) is 3.73. The van der Waals surface area contributed by atoms with Crippen molar-refractivity contribution in [3.8, 4) is 0 Å². The van der Waals surface area contributed by atoms with Gasteiger partial charge in [-0.25, -0.2) is 0 Å². The lowest BCUT2D eigenvalue weighted by Crippen LogP contribution is -2.12. The summed E-state index contributed by atoms with van der Waals surface area (Å²) in [5.74, 6) is -0.398. The molecule has 0 amide bonds. The Bertz CT molecular complexity index is 202. The predicted molar refractivity (Wildman–Crippen MR) is 42.9 cm³/mol. The first kappa shape index (κ1) is 7.79. The van der Waals surface area contributed by atoms with Crippen molar-refractivity contribution in [3.63, 3.8) is 0 Å². The van der Waals surface area contributed by atoms with Crippen LogP contribution in [0.2, 0.25) is 0 Å². The van der Waals surface area contributed by atoms with Crippen LogP contribution in [0, 0.1) is 5.92 Å². The molecule has 0 atom stereocenters. The van der Waals surface area contributed by atoms with E-state index in [4.69, 9.17) is 4.74 Å². The van der Waals surface area contributed by atoms with Gasteiger partial charge in [-0.15, -0.1) is 0 Å². The van der Waals surface area contributed by atoms with E-state index in [1.165, 1.54) is 0 Å². The van der Waals surface area contributed by atoms with Crippen molar-refractivity contribution < 1.29 is 9.53 Å². The molecule has 0 saturated heterocycles. The Balaban J connectivity index is 2.35. The van der Waals surface area contributed by atoms with Crippen LogP contribution in [0.3, 0.4) is 0 Å². The highest BCUT2D eigenvalue weighted by Crippen LogP contribution is 2.10. The lowest BCUT2D eigenvalue weighted by molar-refractivity contribution is -0.144. The van der Waals surface area contributed by atoms with E-state index in [0.717, 1.165) is 0 Å². The van der Waals surface area contributed by atoms with E-state index < -0.39 is 0 Å². The molecule has 2 heteroatoms. The fourth-order valence-corrected chi connectivity index (χ4v) is 0.826. The van der Waals surface area contributed by atoms with Gasteiger partial charge in [0.2, 0.25) is 0 Å². The normalized spacial score (nSPS) is 15.3.